The number of anilines is 1. The number of hydrogen-bond donors (Lipinski definition) is 3. The Hall–Kier alpha value is -4.15. The molecule has 6 rings (SSSR count). The molecule has 0 unspecified atom stereocenters. The molecule has 4 aromatic rings. The smallest absolute Gasteiger partial charge is 0.178 e. The van der Waals surface area contributed by atoms with Gasteiger partial charge in [-0.15, -0.1) is 0 Å². The van der Waals surface area contributed by atoms with E-state index in [-0.39, 0.29) is 11.3 Å². The second-order valence-corrected chi connectivity index (χ2v) is 9.32. The third-order valence-corrected chi connectivity index (χ3v) is 6.81. The van der Waals surface area contributed by atoms with E-state index in [1.54, 1.807) is 6.07 Å². The van der Waals surface area contributed by atoms with Gasteiger partial charge in [0.1, 0.15) is 11.6 Å². The topological polar surface area (TPSA) is 122 Å². The number of halogens is 2. The van der Waals surface area contributed by atoms with Gasteiger partial charge in [0.2, 0.25) is 0 Å². The molecule has 2 aliphatic rings. The lowest BCUT2D eigenvalue weighted by atomic mass is 10.0. The van der Waals surface area contributed by atoms with Gasteiger partial charge in [-0.3, -0.25) is 4.98 Å². The third kappa shape index (κ3) is 4.34. The van der Waals surface area contributed by atoms with Crippen LogP contribution < -0.4 is 16.0 Å². The standard InChI is InChI=1S/C26H23ClFN9/c27-16-1-2-20(28)18(9-16)25(30)19(11-29)21-3-4-22-23(33-21)10-17(13-32-22)36-7-8-37-24(14-36)34-26(35-37)15-5-6-31-12-15/h1-5,9-11,13,29,31H,6-8,12,14,30H2/b25-19+,29-11?. The van der Waals surface area contributed by atoms with Crippen molar-refractivity contribution in [3.05, 3.63) is 82.4 Å². The molecule has 0 amide bonds. The summed E-state index contributed by atoms with van der Waals surface area (Å²) < 4.78 is 16.4. The second kappa shape index (κ2) is 9.38. The number of nitrogens with two attached hydrogens (primary N) is 1. The van der Waals surface area contributed by atoms with Crippen molar-refractivity contribution in [2.75, 3.05) is 24.5 Å². The van der Waals surface area contributed by atoms with Gasteiger partial charge in [-0.05, 0) is 36.4 Å². The van der Waals surface area contributed by atoms with Crippen LogP contribution in [0.15, 0.2) is 48.7 Å². The van der Waals surface area contributed by atoms with Gasteiger partial charge < -0.3 is 21.4 Å². The van der Waals surface area contributed by atoms with Crippen LogP contribution in [-0.2, 0) is 13.1 Å². The van der Waals surface area contributed by atoms with Gasteiger partial charge in [-0.1, -0.05) is 17.7 Å². The Bertz CT molecular complexity index is 1610. The number of rotatable bonds is 5. The van der Waals surface area contributed by atoms with Crippen LogP contribution in [0.1, 0.15) is 22.9 Å². The number of fused-ring (bicyclic) bond motifs is 2. The zero-order valence-electron chi connectivity index (χ0n) is 19.7. The van der Waals surface area contributed by atoms with Crippen LogP contribution >= 0.6 is 11.6 Å². The first-order valence-electron chi connectivity index (χ1n) is 11.8. The minimum Gasteiger partial charge on any atom is -0.398 e. The molecule has 0 spiro atoms. The monoisotopic (exact) mass is 515 g/mol. The molecule has 0 saturated heterocycles. The molecule has 9 nitrogen and oxygen atoms in total. The third-order valence-electron chi connectivity index (χ3n) is 6.57. The quantitative estimate of drug-likeness (QED) is 0.348. The maximum absolute atomic E-state index is 14.4. The number of hydrogen-bond acceptors (Lipinski definition) is 8. The summed E-state index contributed by atoms with van der Waals surface area (Å²) >= 11 is 6.04. The fraction of sp³-hybridized carbons (Fsp3) is 0.192. The number of benzene rings is 1. The van der Waals surface area contributed by atoms with Crippen LogP contribution in [0.4, 0.5) is 10.1 Å². The van der Waals surface area contributed by atoms with Crippen LogP contribution in [0.3, 0.4) is 0 Å². The molecular weight excluding hydrogens is 493 g/mol. The molecule has 3 aromatic heterocycles. The second-order valence-electron chi connectivity index (χ2n) is 8.88. The summed E-state index contributed by atoms with van der Waals surface area (Å²) in [6, 6.07) is 9.64. The Morgan fingerprint density at radius 1 is 1.14 bits per heavy atom. The normalized spacial score (nSPS) is 15.9. The molecule has 11 heteroatoms. The predicted molar refractivity (Wildman–Crippen MR) is 143 cm³/mol. The minimum absolute atomic E-state index is 0.0877. The first-order valence-corrected chi connectivity index (χ1v) is 12.2. The zero-order chi connectivity index (χ0) is 25.5. The highest BCUT2D eigenvalue weighted by molar-refractivity contribution is 6.31. The SMILES string of the molecule is N=C/C(=C(\N)c1cc(Cl)ccc1F)c1ccc2ncc(N3CCn4nc(C5=CCNC5)nc4C3)cc2n1. The number of nitrogens with one attached hydrogen (secondary N) is 2. The van der Waals surface area contributed by atoms with Crippen LogP contribution in [0, 0.1) is 11.2 Å². The van der Waals surface area contributed by atoms with Gasteiger partial charge in [0.15, 0.2) is 5.82 Å². The van der Waals surface area contributed by atoms with E-state index in [4.69, 9.17) is 32.7 Å². The summed E-state index contributed by atoms with van der Waals surface area (Å²) in [6.45, 7) is 3.71. The van der Waals surface area contributed by atoms with E-state index in [1.165, 1.54) is 18.2 Å². The van der Waals surface area contributed by atoms with Gasteiger partial charge in [-0.25, -0.2) is 19.0 Å². The highest BCUT2D eigenvalue weighted by Crippen LogP contribution is 2.28. The molecule has 0 radical (unpaired) electrons. The lowest BCUT2D eigenvalue weighted by Crippen LogP contribution is -2.34. The maximum Gasteiger partial charge on any atom is 0.178 e. The fourth-order valence-electron chi connectivity index (χ4n) is 4.59. The maximum atomic E-state index is 14.4. The highest BCUT2D eigenvalue weighted by atomic mass is 35.5. The van der Waals surface area contributed by atoms with E-state index in [0.717, 1.165) is 55.3 Å². The van der Waals surface area contributed by atoms with Crippen molar-refractivity contribution < 1.29 is 4.39 Å². The average Bonchev–Trinajstić information content (AvgIpc) is 3.60. The van der Waals surface area contributed by atoms with Gasteiger partial charge in [0.25, 0.3) is 0 Å². The number of pyridine rings is 2. The molecule has 5 heterocycles. The fourth-order valence-corrected chi connectivity index (χ4v) is 4.77. The molecule has 186 valence electrons. The number of allylic oxidation sites excluding steroid dienone is 1. The Morgan fingerprint density at radius 2 is 2.03 bits per heavy atom. The van der Waals surface area contributed by atoms with E-state index in [9.17, 15) is 4.39 Å². The number of aromatic nitrogens is 5. The summed E-state index contributed by atoms with van der Waals surface area (Å²) in [4.78, 5) is 16.3. The Kier molecular flexibility index (Phi) is 5.90. The van der Waals surface area contributed by atoms with E-state index >= 15 is 0 Å². The Labute approximate surface area is 217 Å². The molecule has 4 N–H and O–H groups in total. The summed E-state index contributed by atoms with van der Waals surface area (Å²) in [5.41, 5.74) is 10.6. The van der Waals surface area contributed by atoms with Gasteiger partial charge in [0.05, 0.1) is 47.4 Å². The minimum atomic E-state index is -0.521. The van der Waals surface area contributed by atoms with E-state index in [2.05, 4.69) is 26.4 Å². The Balaban J connectivity index is 1.32. The Morgan fingerprint density at radius 3 is 2.84 bits per heavy atom. The lowest BCUT2D eigenvalue weighted by molar-refractivity contribution is 0.512. The van der Waals surface area contributed by atoms with Crippen LogP contribution in [-0.4, -0.2) is 50.6 Å². The van der Waals surface area contributed by atoms with Crippen LogP contribution in [0.25, 0.3) is 27.9 Å². The summed E-state index contributed by atoms with van der Waals surface area (Å²) in [5, 5.41) is 16.2. The lowest BCUT2D eigenvalue weighted by Gasteiger charge is -2.28. The largest absolute Gasteiger partial charge is 0.398 e. The molecule has 0 atom stereocenters. The molecule has 0 bridgehead atoms. The first-order chi connectivity index (χ1) is 18.0. The van der Waals surface area contributed by atoms with Gasteiger partial charge >= 0.3 is 0 Å². The van der Waals surface area contributed by atoms with Crippen molar-refractivity contribution in [3.63, 3.8) is 0 Å². The molecule has 2 aliphatic heterocycles. The molecule has 0 aliphatic carbocycles. The van der Waals surface area contributed by atoms with E-state index in [1.807, 2.05) is 23.0 Å². The van der Waals surface area contributed by atoms with Crippen molar-refractivity contribution in [1.82, 2.24) is 30.0 Å². The summed E-state index contributed by atoms with van der Waals surface area (Å²) in [6.07, 6.45) is 5.02. The highest BCUT2D eigenvalue weighted by Gasteiger charge is 2.23. The van der Waals surface area contributed by atoms with Crippen molar-refractivity contribution in [2.24, 2.45) is 5.73 Å². The van der Waals surface area contributed by atoms with Crippen LogP contribution in [0.5, 0.6) is 0 Å². The van der Waals surface area contributed by atoms with Crippen molar-refractivity contribution in [3.8, 4) is 0 Å². The average molecular weight is 516 g/mol. The zero-order valence-corrected chi connectivity index (χ0v) is 20.5. The molecular formula is C26H23ClFN9. The molecule has 1 aromatic carbocycles. The number of nitrogens with zero attached hydrogens (tertiary/aromatic N) is 6. The predicted octanol–water partition coefficient (Wildman–Crippen LogP) is 3.50. The first kappa shape index (κ1) is 23.3. The summed E-state index contributed by atoms with van der Waals surface area (Å²) in [5.74, 6) is 1.17. The van der Waals surface area contributed by atoms with Crippen molar-refractivity contribution in [1.29, 1.82) is 5.41 Å². The van der Waals surface area contributed by atoms with Crippen molar-refractivity contribution in [2.45, 2.75) is 13.1 Å². The van der Waals surface area contributed by atoms with E-state index in [0.29, 0.717) is 33.9 Å². The molecule has 37 heavy (non-hydrogen) atoms. The van der Waals surface area contributed by atoms with Crippen molar-refractivity contribution >= 4 is 51.4 Å². The van der Waals surface area contributed by atoms with Gasteiger partial charge in [0, 0.05) is 47.6 Å². The molecule has 0 saturated carbocycles. The summed E-state index contributed by atoms with van der Waals surface area (Å²) in [7, 11) is 0. The molecule has 0 fully saturated rings. The van der Waals surface area contributed by atoms with E-state index < -0.39 is 5.82 Å². The van der Waals surface area contributed by atoms with Crippen LogP contribution in [0.2, 0.25) is 5.02 Å². The van der Waals surface area contributed by atoms with Gasteiger partial charge in [-0.2, -0.15) is 5.10 Å².